The minimum atomic E-state index is -4.37. The molecule has 148 valence electrons. The summed E-state index contributed by atoms with van der Waals surface area (Å²) in [5.74, 6) is 0. The number of anilines is 1. The van der Waals surface area contributed by atoms with Gasteiger partial charge in [-0.05, 0) is 56.4 Å². The summed E-state index contributed by atoms with van der Waals surface area (Å²) in [6, 6.07) is 4.27. The lowest BCUT2D eigenvalue weighted by Gasteiger charge is -2.35. The van der Waals surface area contributed by atoms with Crippen LogP contribution in [0.4, 0.5) is 23.7 Å². The number of hydrogen-bond donors (Lipinski definition) is 1. The van der Waals surface area contributed by atoms with Gasteiger partial charge in [0.15, 0.2) is 0 Å². The normalized spacial score (nSPS) is 18.9. The van der Waals surface area contributed by atoms with Gasteiger partial charge in [-0.2, -0.15) is 13.2 Å². The van der Waals surface area contributed by atoms with E-state index in [0.717, 1.165) is 38.2 Å². The van der Waals surface area contributed by atoms with Crippen LogP contribution in [0.25, 0.3) is 0 Å². The smallest absolute Gasteiger partial charge is 0.322 e. The molecule has 2 aliphatic rings. The van der Waals surface area contributed by atoms with Crippen LogP contribution >= 0.6 is 0 Å². The number of piperazine rings is 1. The van der Waals surface area contributed by atoms with Crippen molar-refractivity contribution in [1.29, 1.82) is 0 Å². The lowest BCUT2D eigenvalue weighted by atomic mass is 9.97. The van der Waals surface area contributed by atoms with Gasteiger partial charge in [0.05, 0.1) is 5.56 Å². The zero-order valence-electron chi connectivity index (χ0n) is 15.4. The topological polar surface area (TPSA) is 35.6 Å². The lowest BCUT2D eigenvalue weighted by molar-refractivity contribution is -0.137. The van der Waals surface area contributed by atoms with E-state index >= 15 is 0 Å². The zero-order valence-corrected chi connectivity index (χ0v) is 15.4. The molecule has 0 bridgehead atoms. The van der Waals surface area contributed by atoms with Crippen molar-refractivity contribution in [2.45, 2.75) is 38.3 Å². The van der Waals surface area contributed by atoms with E-state index in [1.54, 1.807) is 10.5 Å². The molecular weight excluding hydrogens is 355 g/mol. The van der Waals surface area contributed by atoms with Crippen molar-refractivity contribution in [2.75, 3.05) is 38.0 Å². The lowest BCUT2D eigenvalue weighted by Crippen LogP contribution is -2.50. The molecule has 7 heteroatoms. The number of amides is 2. The van der Waals surface area contributed by atoms with Crippen molar-refractivity contribution in [1.82, 2.24) is 9.80 Å². The second kappa shape index (κ2) is 8.78. The molecule has 1 aromatic carbocycles. The fourth-order valence-corrected chi connectivity index (χ4v) is 3.55. The summed E-state index contributed by atoms with van der Waals surface area (Å²) in [6.45, 7) is 3.94. The molecular formula is C20H26F3N3O. The van der Waals surface area contributed by atoms with Crippen molar-refractivity contribution >= 4 is 11.7 Å². The number of alkyl halides is 3. The second-order valence-corrected chi connectivity index (χ2v) is 7.19. The fraction of sp³-hybridized carbons (Fsp3) is 0.550. The van der Waals surface area contributed by atoms with Gasteiger partial charge in [-0.15, -0.1) is 0 Å². The number of rotatable bonds is 4. The van der Waals surface area contributed by atoms with Crippen LogP contribution in [-0.2, 0) is 6.18 Å². The number of urea groups is 1. The first-order chi connectivity index (χ1) is 12.9. The molecule has 1 heterocycles. The molecule has 1 fully saturated rings. The number of halogens is 3. The summed E-state index contributed by atoms with van der Waals surface area (Å²) in [7, 11) is 0. The molecule has 1 aliphatic carbocycles. The molecule has 1 N–H and O–H groups in total. The quantitative estimate of drug-likeness (QED) is 0.765. The Bertz CT molecular complexity index is 662. The Morgan fingerprint density at radius 3 is 2.33 bits per heavy atom. The summed E-state index contributed by atoms with van der Waals surface area (Å²) in [4.78, 5) is 16.4. The SMILES string of the molecule is O=C(Nc1ccc(C(F)(F)F)cc1)N1CCN(CCC2=CCCCC2)CC1. The van der Waals surface area contributed by atoms with Crippen LogP contribution in [0.2, 0.25) is 0 Å². The van der Waals surface area contributed by atoms with Crippen LogP contribution in [-0.4, -0.2) is 48.6 Å². The third kappa shape index (κ3) is 5.73. The molecule has 2 amide bonds. The van der Waals surface area contributed by atoms with Gasteiger partial charge in [0.2, 0.25) is 0 Å². The molecule has 3 rings (SSSR count). The predicted octanol–water partition coefficient (Wildman–Crippen LogP) is 4.75. The minimum Gasteiger partial charge on any atom is -0.322 e. The molecule has 0 radical (unpaired) electrons. The average molecular weight is 381 g/mol. The number of nitrogens with zero attached hydrogens (tertiary/aromatic N) is 2. The summed E-state index contributed by atoms with van der Waals surface area (Å²) in [6.07, 6.45) is 4.13. The van der Waals surface area contributed by atoms with Gasteiger partial charge in [0, 0.05) is 38.4 Å². The molecule has 4 nitrogen and oxygen atoms in total. The minimum absolute atomic E-state index is 0.260. The fourth-order valence-electron chi connectivity index (χ4n) is 3.55. The Balaban J connectivity index is 1.42. The van der Waals surface area contributed by atoms with Gasteiger partial charge in [0.25, 0.3) is 0 Å². The number of carbonyl (C=O) groups is 1. The second-order valence-electron chi connectivity index (χ2n) is 7.19. The first kappa shape index (κ1) is 19.7. The van der Waals surface area contributed by atoms with Gasteiger partial charge < -0.3 is 10.2 Å². The van der Waals surface area contributed by atoms with Crippen LogP contribution in [0, 0.1) is 0 Å². The molecule has 0 saturated carbocycles. The summed E-state index contributed by atoms with van der Waals surface area (Å²) >= 11 is 0. The predicted molar refractivity (Wildman–Crippen MR) is 99.6 cm³/mol. The van der Waals surface area contributed by atoms with Crippen molar-refractivity contribution < 1.29 is 18.0 Å². The van der Waals surface area contributed by atoms with Crippen molar-refractivity contribution in [3.63, 3.8) is 0 Å². The Morgan fingerprint density at radius 2 is 1.74 bits per heavy atom. The van der Waals surface area contributed by atoms with Crippen LogP contribution < -0.4 is 5.32 Å². The summed E-state index contributed by atoms with van der Waals surface area (Å²) in [5.41, 5.74) is 1.21. The number of hydrogen-bond acceptors (Lipinski definition) is 2. The molecule has 0 aromatic heterocycles. The monoisotopic (exact) mass is 381 g/mol. The number of carbonyl (C=O) groups excluding carboxylic acids is 1. The van der Waals surface area contributed by atoms with Crippen molar-refractivity contribution in [2.24, 2.45) is 0 Å². The highest BCUT2D eigenvalue weighted by Crippen LogP contribution is 2.29. The van der Waals surface area contributed by atoms with E-state index in [1.165, 1.54) is 37.8 Å². The van der Waals surface area contributed by atoms with E-state index in [1.807, 2.05) is 0 Å². The highest BCUT2D eigenvalue weighted by Gasteiger charge is 2.30. The zero-order chi connectivity index (χ0) is 19.3. The first-order valence-corrected chi connectivity index (χ1v) is 9.55. The van der Waals surface area contributed by atoms with Crippen LogP contribution in [0.1, 0.15) is 37.7 Å². The number of benzene rings is 1. The third-order valence-corrected chi connectivity index (χ3v) is 5.26. The molecule has 1 aromatic rings. The van der Waals surface area contributed by atoms with Gasteiger partial charge in [-0.1, -0.05) is 11.6 Å². The highest BCUT2D eigenvalue weighted by atomic mass is 19.4. The van der Waals surface area contributed by atoms with E-state index < -0.39 is 11.7 Å². The molecule has 0 atom stereocenters. The van der Waals surface area contributed by atoms with Gasteiger partial charge in [-0.3, -0.25) is 4.90 Å². The Kier molecular flexibility index (Phi) is 6.42. The maximum absolute atomic E-state index is 12.6. The molecule has 0 spiro atoms. The van der Waals surface area contributed by atoms with Crippen molar-refractivity contribution in [3.05, 3.63) is 41.5 Å². The van der Waals surface area contributed by atoms with Gasteiger partial charge in [0.1, 0.15) is 0 Å². The maximum Gasteiger partial charge on any atom is 0.416 e. The van der Waals surface area contributed by atoms with Crippen LogP contribution in [0.15, 0.2) is 35.9 Å². The Hall–Kier alpha value is -2.02. The highest BCUT2D eigenvalue weighted by molar-refractivity contribution is 5.89. The summed E-state index contributed by atoms with van der Waals surface area (Å²) < 4.78 is 37.8. The van der Waals surface area contributed by atoms with E-state index in [0.29, 0.717) is 18.8 Å². The Labute approximate surface area is 158 Å². The third-order valence-electron chi connectivity index (χ3n) is 5.26. The van der Waals surface area contributed by atoms with Crippen LogP contribution in [0.5, 0.6) is 0 Å². The molecule has 27 heavy (non-hydrogen) atoms. The number of allylic oxidation sites excluding steroid dienone is 1. The van der Waals surface area contributed by atoms with E-state index in [9.17, 15) is 18.0 Å². The van der Waals surface area contributed by atoms with Gasteiger partial charge >= 0.3 is 12.2 Å². The largest absolute Gasteiger partial charge is 0.416 e. The Morgan fingerprint density at radius 1 is 1.04 bits per heavy atom. The molecule has 1 saturated heterocycles. The molecule has 1 aliphatic heterocycles. The van der Waals surface area contributed by atoms with E-state index in [-0.39, 0.29) is 6.03 Å². The van der Waals surface area contributed by atoms with E-state index in [2.05, 4.69) is 16.3 Å². The van der Waals surface area contributed by atoms with Crippen molar-refractivity contribution in [3.8, 4) is 0 Å². The standard InChI is InChI=1S/C20H26F3N3O/c21-20(22,23)17-6-8-18(9-7-17)24-19(27)26-14-12-25(13-15-26)11-10-16-4-2-1-3-5-16/h4,6-9H,1-3,5,10-15H2,(H,24,27). The summed E-state index contributed by atoms with van der Waals surface area (Å²) in [5, 5.41) is 2.68. The number of nitrogens with one attached hydrogen (secondary N) is 1. The maximum atomic E-state index is 12.6. The van der Waals surface area contributed by atoms with Gasteiger partial charge in [-0.25, -0.2) is 4.79 Å². The first-order valence-electron chi connectivity index (χ1n) is 9.55. The van der Waals surface area contributed by atoms with E-state index in [4.69, 9.17) is 0 Å². The van der Waals surface area contributed by atoms with Crippen LogP contribution in [0.3, 0.4) is 0 Å². The average Bonchev–Trinajstić information content (AvgIpc) is 2.67. The molecule has 0 unspecified atom stereocenters.